The van der Waals surface area contributed by atoms with E-state index in [1.165, 1.54) is 0 Å². The van der Waals surface area contributed by atoms with Crippen LogP contribution in [0.25, 0.3) is 0 Å². The summed E-state index contributed by atoms with van der Waals surface area (Å²) in [5.74, 6) is 0. The molecule has 1 aliphatic rings. The van der Waals surface area contributed by atoms with Crippen molar-refractivity contribution < 1.29 is 18.9 Å². The zero-order chi connectivity index (χ0) is 12.4. The van der Waals surface area contributed by atoms with Crippen LogP contribution in [0.3, 0.4) is 0 Å². The zero-order valence-electron chi connectivity index (χ0n) is 10.6. The molecule has 102 valence electrons. The van der Waals surface area contributed by atoms with Crippen molar-refractivity contribution in [1.29, 1.82) is 0 Å². The lowest BCUT2D eigenvalue weighted by molar-refractivity contribution is -0.0988. The topological polar surface area (TPSA) is 36.9 Å². The second-order valence-electron chi connectivity index (χ2n) is 4.24. The molecule has 17 heavy (non-hydrogen) atoms. The second kappa shape index (κ2) is 9.28. The number of halogens is 1. The number of hydrogen-bond acceptors (Lipinski definition) is 4. The molecule has 0 radical (unpaired) electrons. The normalized spacial score (nSPS) is 19.4. The molecule has 0 aromatic carbocycles. The first-order valence-corrected chi connectivity index (χ1v) is 7.29. The molecule has 1 rings (SSSR count). The van der Waals surface area contributed by atoms with Crippen LogP contribution in [0.1, 0.15) is 19.3 Å². The van der Waals surface area contributed by atoms with E-state index in [0.717, 1.165) is 51.0 Å². The predicted molar refractivity (Wildman–Crippen MR) is 69.8 cm³/mol. The van der Waals surface area contributed by atoms with Gasteiger partial charge in [-0.2, -0.15) is 0 Å². The van der Waals surface area contributed by atoms with Gasteiger partial charge in [-0.25, -0.2) is 0 Å². The third-order valence-electron chi connectivity index (χ3n) is 2.92. The summed E-state index contributed by atoms with van der Waals surface area (Å²) in [5, 5.41) is 0.883. The van der Waals surface area contributed by atoms with Crippen molar-refractivity contribution in [2.45, 2.75) is 24.9 Å². The van der Waals surface area contributed by atoms with Crippen molar-refractivity contribution in [1.82, 2.24) is 0 Å². The van der Waals surface area contributed by atoms with Gasteiger partial charge in [0, 0.05) is 51.7 Å². The SMILES string of the molecule is COCCOCCCOC1(CBr)CCOCC1. The van der Waals surface area contributed by atoms with Crippen molar-refractivity contribution in [3.05, 3.63) is 0 Å². The van der Waals surface area contributed by atoms with Gasteiger partial charge in [-0.05, 0) is 6.42 Å². The number of alkyl halides is 1. The van der Waals surface area contributed by atoms with E-state index >= 15 is 0 Å². The first-order valence-electron chi connectivity index (χ1n) is 6.17. The lowest BCUT2D eigenvalue weighted by Gasteiger charge is -2.35. The van der Waals surface area contributed by atoms with E-state index in [9.17, 15) is 0 Å². The molecule has 0 N–H and O–H groups in total. The van der Waals surface area contributed by atoms with Crippen LogP contribution >= 0.6 is 15.9 Å². The van der Waals surface area contributed by atoms with E-state index in [0.29, 0.717) is 13.2 Å². The average Bonchev–Trinajstić information content (AvgIpc) is 2.39. The second-order valence-corrected chi connectivity index (χ2v) is 4.80. The van der Waals surface area contributed by atoms with Crippen molar-refractivity contribution >= 4 is 15.9 Å². The Kier molecular flexibility index (Phi) is 8.39. The molecular weight excluding hydrogens is 288 g/mol. The molecule has 0 aromatic heterocycles. The van der Waals surface area contributed by atoms with Crippen molar-refractivity contribution in [2.75, 3.05) is 52.1 Å². The van der Waals surface area contributed by atoms with Crippen LogP contribution < -0.4 is 0 Å². The molecule has 0 aromatic rings. The van der Waals surface area contributed by atoms with Crippen molar-refractivity contribution in [2.24, 2.45) is 0 Å². The van der Waals surface area contributed by atoms with Gasteiger partial charge < -0.3 is 18.9 Å². The Morgan fingerprint density at radius 1 is 1.12 bits per heavy atom. The summed E-state index contributed by atoms with van der Waals surface area (Å²) in [6.07, 6.45) is 2.88. The molecule has 4 nitrogen and oxygen atoms in total. The fourth-order valence-corrected chi connectivity index (χ4v) is 2.48. The number of methoxy groups -OCH3 is 1. The molecular formula is C12H23BrO4. The van der Waals surface area contributed by atoms with Gasteiger partial charge in [0.15, 0.2) is 0 Å². The van der Waals surface area contributed by atoms with Crippen LogP contribution in [0.5, 0.6) is 0 Å². The molecule has 1 saturated heterocycles. The molecule has 0 saturated carbocycles. The monoisotopic (exact) mass is 310 g/mol. The van der Waals surface area contributed by atoms with Crippen molar-refractivity contribution in [3.8, 4) is 0 Å². The minimum atomic E-state index is -0.0230. The molecule has 0 amide bonds. The van der Waals surface area contributed by atoms with Gasteiger partial charge in [0.1, 0.15) is 0 Å². The van der Waals surface area contributed by atoms with Gasteiger partial charge in [0.05, 0.1) is 18.8 Å². The van der Waals surface area contributed by atoms with Crippen LogP contribution in [-0.2, 0) is 18.9 Å². The molecule has 0 atom stereocenters. The number of hydrogen-bond donors (Lipinski definition) is 0. The van der Waals surface area contributed by atoms with Crippen LogP contribution in [0.15, 0.2) is 0 Å². The maximum atomic E-state index is 5.99. The highest BCUT2D eigenvalue weighted by Crippen LogP contribution is 2.27. The van der Waals surface area contributed by atoms with Gasteiger partial charge in [-0.15, -0.1) is 0 Å². The smallest absolute Gasteiger partial charge is 0.0822 e. The number of rotatable bonds is 9. The zero-order valence-corrected chi connectivity index (χ0v) is 12.2. The summed E-state index contributed by atoms with van der Waals surface area (Å²) >= 11 is 3.54. The minimum absolute atomic E-state index is 0.0230. The molecule has 1 aliphatic heterocycles. The van der Waals surface area contributed by atoms with Crippen LogP contribution in [-0.4, -0.2) is 57.7 Å². The third kappa shape index (κ3) is 6.15. The fourth-order valence-electron chi connectivity index (χ4n) is 1.75. The summed E-state index contributed by atoms with van der Waals surface area (Å²) in [4.78, 5) is 0. The highest BCUT2D eigenvalue weighted by Gasteiger charge is 2.32. The summed E-state index contributed by atoms with van der Waals surface area (Å²) < 4.78 is 21.6. The Balaban J connectivity index is 2.03. The molecule has 1 fully saturated rings. The Morgan fingerprint density at radius 2 is 1.88 bits per heavy atom. The third-order valence-corrected chi connectivity index (χ3v) is 3.94. The standard InChI is InChI=1S/C12H23BrO4/c1-14-9-10-15-5-2-6-17-12(11-13)3-7-16-8-4-12/h2-11H2,1H3. The van der Waals surface area contributed by atoms with Crippen LogP contribution in [0.2, 0.25) is 0 Å². The minimum Gasteiger partial charge on any atom is -0.382 e. The average molecular weight is 311 g/mol. The highest BCUT2D eigenvalue weighted by molar-refractivity contribution is 9.09. The van der Waals surface area contributed by atoms with Gasteiger partial charge in [-0.3, -0.25) is 0 Å². The van der Waals surface area contributed by atoms with Crippen LogP contribution in [0, 0.1) is 0 Å². The van der Waals surface area contributed by atoms with E-state index in [1.807, 2.05) is 0 Å². The predicted octanol–water partition coefficient (Wildman–Crippen LogP) is 2.00. The molecule has 0 aliphatic carbocycles. The van der Waals surface area contributed by atoms with E-state index in [1.54, 1.807) is 7.11 Å². The Hall–Kier alpha value is 0.320. The highest BCUT2D eigenvalue weighted by atomic mass is 79.9. The Labute approximate surface area is 112 Å². The summed E-state index contributed by atoms with van der Waals surface area (Å²) in [7, 11) is 1.68. The van der Waals surface area contributed by atoms with Crippen LogP contribution in [0.4, 0.5) is 0 Å². The van der Waals surface area contributed by atoms with Gasteiger partial charge in [0.2, 0.25) is 0 Å². The summed E-state index contributed by atoms with van der Waals surface area (Å²) in [5.41, 5.74) is -0.0230. The summed E-state index contributed by atoms with van der Waals surface area (Å²) in [6, 6.07) is 0. The molecule has 1 heterocycles. The lowest BCUT2D eigenvalue weighted by atomic mass is 9.97. The molecule has 0 spiro atoms. The maximum Gasteiger partial charge on any atom is 0.0822 e. The fraction of sp³-hybridized carbons (Fsp3) is 1.00. The lowest BCUT2D eigenvalue weighted by Crippen LogP contribution is -2.41. The van der Waals surface area contributed by atoms with E-state index < -0.39 is 0 Å². The van der Waals surface area contributed by atoms with Gasteiger partial charge in [-0.1, -0.05) is 15.9 Å². The largest absolute Gasteiger partial charge is 0.382 e. The molecule has 0 unspecified atom stereocenters. The first-order chi connectivity index (χ1) is 8.33. The first kappa shape index (κ1) is 15.4. The Morgan fingerprint density at radius 3 is 2.53 bits per heavy atom. The van der Waals surface area contributed by atoms with Crippen molar-refractivity contribution in [3.63, 3.8) is 0 Å². The van der Waals surface area contributed by atoms with Gasteiger partial charge >= 0.3 is 0 Å². The number of ether oxygens (including phenoxy) is 4. The van der Waals surface area contributed by atoms with E-state index in [-0.39, 0.29) is 5.60 Å². The van der Waals surface area contributed by atoms with Gasteiger partial charge in [0.25, 0.3) is 0 Å². The quantitative estimate of drug-likeness (QED) is 0.482. The summed E-state index contributed by atoms with van der Waals surface area (Å²) in [6.45, 7) is 4.40. The molecule has 0 bridgehead atoms. The van der Waals surface area contributed by atoms with E-state index in [2.05, 4.69) is 15.9 Å². The maximum absolute atomic E-state index is 5.99. The Bertz CT molecular complexity index is 183. The van der Waals surface area contributed by atoms with E-state index in [4.69, 9.17) is 18.9 Å². The molecule has 5 heteroatoms.